The number of hydrogen-bond donors (Lipinski definition) is 1. The van der Waals surface area contributed by atoms with Gasteiger partial charge < -0.3 is 5.11 Å². The lowest BCUT2D eigenvalue weighted by atomic mass is 10.3. The minimum atomic E-state index is -3.57. The summed E-state index contributed by atoms with van der Waals surface area (Å²) in [4.78, 5) is 4.53. The van der Waals surface area contributed by atoms with Crippen LogP contribution in [0.15, 0.2) is 40.9 Å². The van der Waals surface area contributed by atoms with E-state index in [1.807, 2.05) is 0 Å². The number of hydrogen-bond acceptors (Lipinski definition) is 5. The van der Waals surface area contributed by atoms with E-state index in [2.05, 4.69) is 4.98 Å². The zero-order valence-corrected chi connectivity index (χ0v) is 12.0. The number of sulfonamides is 1. The van der Waals surface area contributed by atoms with Crippen molar-refractivity contribution in [2.75, 3.05) is 7.05 Å². The van der Waals surface area contributed by atoms with Gasteiger partial charge >= 0.3 is 0 Å². The monoisotopic (exact) mass is 298 g/mol. The Kier molecular flexibility index (Phi) is 4.31. The first-order chi connectivity index (χ1) is 9.05. The smallest absolute Gasteiger partial charge is 0.244 e. The van der Waals surface area contributed by atoms with Crippen LogP contribution in [0.3, 0.4) is 0 Å². The van der Waals surface area contributed by atoms with Crippen LogP contribution in [0.4, 0.5) is 0 Å². The van der Waals surface area contributed by atoms with Crippen LogP contribution >= 0.6 is 11.3 Å². The van der Waals surface area contributed by atoms with E-state index < -0.39 is 10.0 Å². The Morgan fingerprint density at radius 3 is 2.63 bits per heavy atom. The zero-order chi connectivity index (χ0) is 13.9. The van der Waals surface area contributed by atoms with E-state index in [1.54, 1.807) is 29.9 Å². The predicted octanol–water partition coefficient (Wildman–Crippen LogP) is 1.46. The Balaban J connectivity index is 2.25. The first kappa shape index (κ1) is 14.1. The first-order valence-corrected chi connectivity index (χ1v) is 7.90. The lowest BCUT2D eigenvalue weighted by Crippen LogP contribution is -2.26. The highest BCUT2D eigenvalue weighted by molar-refractivity contribution is 7.89. The Morgan fingerprint density at radius 1 is 1.32 bits per heavy atom. The minimum absolute atomic E-state index is 0.177. The second-order valence-electron chi connectivity index (χ2n) is 3.98. The molecule has 19 heavy (non-hydrogen) atoms. The fourth-order valence-corrected chi connectivity index (χ4v) is 4.09. The molecule has 0 radical (unpaired) electrons. The van der Waals surface area contributed by atoms with E-state index in [4.69, 9.17) is 5.11 Å². The van der Waals surface area contributed by atoms with E-state index in [9.17, 15) is 8.42 Å². The maximum absolute atomic E-state index is 12.4. The second kappa shape index (κ2) is 5.79. The van der Waals surface area contributed by atoms with Crippen LogP contribution in [0, 0.1) is 0 Å². The van der Waals surface area contributed by atoms with Crippen molar-refractivity contribution in [2.24, 2.45) is 0 Å². The van der Waals surface area contributed by atoms with E-state index in [0.29, 0.717) is 4.88 Å². The predicted molar refractivity (Wildman–Crippen MR) is 73.1 cm³/mol. The molecule has 0 amide bonds. The average Bonchev–Trinajstić information content (AvgIpc) is 2.88. The van der Waals surface area contributed by atoms with Crippen LogP contribution in [0.25, 0.3) is 0 Å². The van der Waals surface area contributed by atoms with Crippen LogP contribution < -0.4 is 0 Å². The molecule has 5 nitrogen and oxygen atoms in total. The van der Waals surface area contributed by atoms with E-state index >= 15 is 0 Å². The molecule has 0 unspecified atom stereocenters. The molecule has 2 aromatic rings. The van der Waals surface area contributed by atoms with Crippen LogP contribution in [-0.2, 0) is 23.2 Å². The Hall–Kier alpha value is -1.28. The number of aliphatic hydroxyl groups excluding tert-OH is 1. The van der Waals surface area contributed by atoms with Gasteiger partial charge in [0.25, 0.3) is 0 Å². The molecule has 7 heteroatoms. The quantitative estimate of drug-likeness (QED) is 0.907. The highest BCUT2D eigenvalue weighted by atomic mass is 32.2. The van der Waals surface area contributed by atoms with Crippen molar-refractivity contribution in [3.63, 3.8) is 0 Å². The summed E-state index contributed by atoms with van der Waals surface area (Å²) in [5.41, 5.74) is 0.863. The fraction of sp³-hybridized carbons (Fsp3) is 0.250. The molecule has 0 aliphatic carbocycles. The fourth-order valence-electron chi connectivity index (χ4n) is 1.67. The van der Waals surface area contributed by atoms with Gasteiger partial charge in [-0.05, 0) is 29.1 Å². The van der Waals surface area contributed by atoms with Crippen LogP contribution in [0.1, 0.15) is 10.4 Å². The topological polar surface area (TPSA) is 70.5 Å². The summed E-state index contributed by atoms with van der Waals surface area (Å²) in [6, 6.07) is 5.06. The molecule has 2 aromatic heterocycles. The minimum Gasteiger partial charge on any atom is -0.391 e. The van der Waals surface area contributed by atoms with Gasteiger partial charge in [-0.2, -0.15) is 4.31 Å². The van der Waals surface area contributed by atoms with Crippen molar-refractivity contribution in [1.29, 1.82) is 0 Å². The maximum Gasteiger partial charge on any atom is 0.244 e. The normalized spacial score (nSPS) is 11.9. The maximum atomic E-state index is 12.4. The molecule has 2 rings (SSSR count). The molecule has 1 N–H and O–H groups in total. The highest BCUT2D eigenvalue weighted by Crippen LogP contribution is 2.25. The molecule has 0 aromatic carbocycles. The standard InChI is InChI=1S/C12H14N2O3S2/c1-14(8-10-2-5-13-6-3-10)19(16,17)12-4-7-18-11(12)9-15/h2-7,15H,8-9H2,1H3. The third-order valence-electron chi connectivity index (χ3n) is 2.69. The first-order valence-electron chi connectivity index (χ1n) is 5.58. The summed E-state index contributed by atoms with van der Waals surface area (Å²) in [7, 11) is -2.05. The van der Waals surface area contributed by atoms with Gasteiger partial charge in [-0.3, -0.25) is 4.98 Å². The van der Waals surface area contributed by atoms with Crippen molar-refractivity contribution in [3.05, 3.63) is 46.4 Å². The molecular formula is C12H14N2O3S2. The van der Waals surface area contributed by atoms with Crippen molar-refractivity contribution >= 4 is 21.4 Å². The van der Waals surface area contributed by atoms with E-state index in [1.165, 1.54) is 28.8 Å². The van der Waals surface area contributed by atoms with E-state index in [0.717, 1.165) is 5.56 Å². The van der Waals surface area contributed by atoms with Gasteiger partial charge in [0.2, 0.25) is 10.0 Å². The molecule has 0 fully saturated rings. The van der Waals surface area contributed by atoms with Gasteiger partial charge in [0, 0.05) is 30.9 Å². The average molecular weight is 298 g/mol. The SMILES string of the molecule is CN(Cc1ccncc1)S(=O)(=O)c1ccsc1CO. The third-order valence-corrected chi connectivity index (χ3v) is 5.61. The number of aromatic nitrogens is 1. The number of pyridine rings is 1. The van der Waals surface area contributed by atoms with Gasteiger partial charge in [0.1, 0.15) is 0 Å². The lowest BCUT2D eigenvalue weighted by molar-refractivity contribution is 0.282. The largest absolute Gasteiger partial charge is 0.391 e. The Morgan fingerprint density at radius 2 is 2.00 bits per heavy atom. The number of aliphatic hydroxyl groups is 1. The zero-order valence-electron chi connectivity index (χ0n) is 10.4. The molecular weight excluding hydrogens is 284 g/mol. The second-order valence-corrected chi connectivity index (χ2v) is 7.00. The van der Waals surface area contributed by atoms with Gasteiger partial charge in [-0.1, -0.05) is 0 Å². The molecule has 0 spiro atoms. The Labute approximate surface area is 116 Å². The van der Waals surface area contributed by atoms with Gasteiger partial charge in [0.05, 0.1) is 11.5 Å². The molecule has 0 saturated heterocycles. The molecule has 2 heterocycles. The van der Waals surface area contributed by atoms with Gasteiger partial charge in [-0.15, -0.1) is 11.3 Å². The third kappa shape index (κ3) is 3.01. The number of rotatable bonds is 5. The summed E-state index contributed by atoms with van der Waals surface area (Å²) in [6.07, 6.45) is 3.25. The lowest BCUT2D eigenvalue weighted by Gasteiger charge is -2.17. The molecule has 0 aliphatic heterocycles. The number of nitrogens with zero attached hydrogens (tertiary/aromatic N) is 2. The Bertz CT molecular complexity index is 638. The van der Waals surface area contributed by atoms with Crippen LogP contribution in [0.5, 0.6) is 0 Å². The number of thiophene rings is 1. The van der Waals surface area contributed by atoms with E-state index in [-0.39, 0.29) is 18.0 Å². The van der Waals surface area contributed by atoms with Crippen LogP contribution in [-0.4, -0.2) is 29.9 Å². The summed E-state index contributed by atoms with van der Waals surface area (Å²) in [6.45, 7) is 0.000888. The highest BCUT2D eigenvalue weighted by Gasteiger charge is 2.24. The van der Waals surface area contributed by atoms with Crippen LogP contribution in [0.2, 0.25) is 0 Å². The molecule has 0 atom stereocenters. The van der Waals surface area contributed by atoms with Crippen molar-refractivity contribution in [2.45, 2.75) is 18.0 Å². The summed E-state index contributed by atoms with van der Waals surface area (Å²) >= 11 is 1.23. The van der Waals surface area contributed by atoms with Crippen molar-refractivity contribution < 1.29 is 13.5 Å². The summed E-state index contributed by atoms with van der Waals surface area (Å²) < 4.78 is 26.0. The molecule has 102 valence electrons. The molecule has 0 bridgehead atoms. The molecule has 0 saturated carbocycles. The van der Waals surface area contributed by atoms with Crippen molar-refractivity contribution in [3.8, 4) is 0 Å². The van der Waals surface area contributed by atoms with Gasteiger partial charge in [0.15, 0.2) is 0 Å². The molecule has 0 aliphatic rings. The summed E-state index contributed by atoms with van der Waals surface area (Å²) in [5.74, 6) is 0. The van der Waals surface area contributed by atoms with Gasteiger partial charge in [-0.25, -0.2) is 8.42 Å². The summed E-state index contributed by atoms with van der Waals surface area (Å²) in [5, 5.41) is 10.8. The van der Waals surface area contributed by atoms with Crippen molar-refractivity contribution in [1.82, 2.24) is 9.29 Å².